The van der Waals surface area contributed by atoms with Crippen molar-refractivity contribution in [3.05, 3.63) is 30.5 Å². The van der Waals surface area contributed by atoms with Gasteiger partial charge in [0.05, 0.1) is 13.3 Å². The summed E-state index contributed by atoms with van der Waals surface area (Å²) < 4.78 is 6.90. The number of methoxy groups -OCH3 is 1. The molecule has 4 nitrogen and oxygen atoms in total. The normalized spacial score (nSPS) is 10.3. The van der Waals surface area contributed by atoms with Gasteiger partial charge in [-0.15, -0.1) is 0 Å². The van der Waals surface area contributed by atoms with E-state index in [4.69, 9.17) is 4.74 Å². The van der Waals surface area contributed by atoms with Crippen LogP contribution in [0.3, 0.4) is 0 Å². The van der Waals surface area contributed by atoms with Gasteiger partial charge in [0, 0.05) is 12.6 Å². The van der Waals surface area contributed by atoms with Gasteiger partial charge >= 0.3 is 0 Å². The van der Waals surface area contributed by atoms with Gasteiger partial charge in [-0.3, -0.25) is 4.68 Å². The van der Waals surface area contributed by atoms with Crippen molar-refractivity contribution in [2.45, 2.75) is 0 Å². The van der Waals surface area contributed by atoms with E-state index in [0.29, 0.717) is 0 Å². The number of aryl methyl sites for hydroxylation is 1. The molecule has 4 heteroatoms. The molecule has 0 amide bonds. The second-order valence-electron chi connectivity index (χ2n) is 3.27. The van der Waals surface area contributed by atoms with Gasteiger partial charge in [-0.25, -0.2) is 0 Å². The van der Waals surface area contributed by atoms with Crippen LogP contribution in [0, 0.1) is 0 Å². The van der Waals surface area contributed by atoms with E-state index in [-0.39, 0.29) is 5.75 Å². The lowest BCUT2D eigenvalue weighted by Crippen LogP contribution is -1.87. The number of phenolic OH excluding ortho intramolecular Hbond substituents is 1. The maximum absolute atomic E-state index is 9.18. The van der Waals surface area contributed by atoms with E-state index in [1.807, 2.05) is 13.2 Å². The van der Waals surface area contributed by atoms with Gasteiger partial charge in [0.2, 0.25) is 0 Å². The number of benzene rings is 1. The summed E-state index contributed by atoms with van der Waals surface area (Å²) in [5, 5.41) is 13.5. The van der Waals surface area contributed by atoms with Gasteiger partial charge < -0.3 is 9.84 Å². The first kappa shape index (κ1) is 9.58. The van der Waals surface area contributed by atoms with Crippen molar-refractivity contribution < 1.29 is 9.84 Å². The monoisotopic (exact) mass is 204 g/mol. The Morgan fingerprint density at radius 3 is 2.53 bits per heavy atom. The predicted octanol–water partition coefficient (Wildman–Crippen LogP) is 1.80. The highest BCUT2D eigenvalue weighted by atomic mass is 16.5. The van der Waals surface area contributed by atoms with Crippen molar-refractivity contribution in [3.8, 4) is 22.8 Å². The number of phenols is 1. The first-order valence-corrected chi connectivity index (χ1v) is 4.58. The SMILES string of the molecule is COc1cn(C)nc1-c1ccc(O)cc1. The van der Waals surface area contributed by atoms with Gasteiger partial charge in [0.25, 0.3) is 0 Å². The number of aromatic nitrogens is 2. The molecule has 0 saturated carbocycles. The summed E-state index contributed by atoms with van der Waals surface area (Å²) >= 11 is 0. The molecule has 0 bridgehead atoms. The summed E-state index contributed by atoms with van der Waals surface area (Å²) in [7, 11) is 3.45. The molecule has 2 aromatic rings. The number of hydrogen-bond acceptors (Lipinski definition) is 3. The predicted molar refractivity (Wildman–Crippen MR) is 56.9 cm³/mol. The van der Waals surface area contributed by atoms with Crippen molar-refractivity contribution in [3.63, 3.8) is 0 Å². The van der Waals surface area contributed by atoms with E-state index in [2.05, 4.69) is 5.10 Å². The average molecular weight is 204 g/mol. The molecule has 15 heavy (non-hydrogen) atoms. The number of ether oxygens (including phenoxy) is 1. The fraction of sp³-hybridized carbons (Fsp3) is 0.182. The smallest absolute Gasteiger partial charge is 0.164 e. The highest BCUT2D eigenvalue weighted by molar-refractivity contribution is 5.66. The molecule has 1 aromatic carbocycles. The first-order chi connectivity index (χ1) is 7.20. The summed E-state index contributed by atoms with van der Waals surface area (Å²) in [5.41, 5.74) is 1.70. The number of aromatic hydroxyl groups is 1. The van der Waals surface area contributed by atoms with Crippen molar-refractivity contribution in [1.82, 2.24) is 9.78 Å². The third-order valence-corrected chi connectivity index (χ3v) is 2.16. The van der Waals surface area contributed by atoms with E-state index in [0.717, 1.165) is 17.0 Å². The topological polar surface area (TPSA) is 47.3 Å². The van der Waals surface area contributed by atoms with Crippen LogP contribution >= 0.6 is 0 Å². The Balaban J connectivity index is 2.48. The largest absolute Gasteiger partial charge is 0.508 e. The molecule has 0 atom stereocenters. The Kier molecular flexibility index (Phi) is 2.33. The minimum absolute atomic E-state index is 0.244. The van der Waals surface area contributed by atoms with Gasteiger partial charge in [0.1, 0.15) is 11.4 Å². The molecule has 0 saturated heterocycles. The second-order valence-corrected chi connectivity index (χ2v) is 3.27. The molecule has 0 aliphatic carbocycles. The zero-order chi connectivity index (χ0) is 10.8. The van der Waals surface area contributed by atoms with Crippen LogP contribution in [0.2, 0.25) is 0 Å². The summed E-state index contributed by atoms with van der Waals surface area (Å²) in [4.78, 5) is 0. The van der Waals surface area contributed by atoms with Crippen LogP contribution in [-0.4, -0.2) is 22.0 Å². The number of hydrogen-bond donors (Lipinski definition) is 1. The van der Waals surface area contributed by atoms with Crippen LogP contribution < -0.4 is 4.74 Å². The molecule has 2 rings (SSSR count). The lowest BCUT2D eigenvalue weighted by atomic mass is 10.1. The van der Waals surface area contributed by atoms with Crippen molar-refractivity contribution in [1.29, 1.82) is 0 Å². The second kappa shape index (κ2) is 3.65. The van der Waals surface area contributed by atoms with Crippen LogP contribution in [0.5, 0.6) is 11.5 Å². The Morgan fingerprint density at radius 1 is 1.27 bits per heavy atom. The third-order valence-electron chi connectivity index (χ3n) is 2.16. The average Bonchev–Trinajstić information content (AvgIpc) is 2.61. The molecule has 0 unspecified atom stereocenters. The molecular weight excluding hydrogens is 192 g/mol. The lowest BCUT2D eigenvalue weighted by Gasteiger charge is -2.00. The molecule has 1 N–H and O–H groups in total. The Morgan fingerprint density at radius 2 is 1.93 bits per heavy atom. The number of rotatable bonds is 2. The molecule has 0 radical (unpaired) electrons. The van der Waals surface area contributed by atoms with Gasteiger partial charge in [-0.05, 0) is 24.3 Å². The fourth-order valence-corrected chi connectivity index (χ4v) is 1.44. The minimum atomic E-state index is 0.244. The summed E-state index contributed by atoms with van der Waals surface area (Å²) in [6, 6.07) is 6.87. The molecule has 1 aromatic heterocycles. The quantitative estimate of drug-likeness (QED) is 0.811. The van der Waals surface area contributed by atoms with Gasteiger partial charge in [-0.2, -0.15) is 5.10 Å². The Hall–Kier alpha value is -1.97. The van der Waals surface area contributed by atoms with Crippen LogP contribution in [0.15, 0.2) is 30.5 Å². The van der Waals surface area contributed by atoms with E-state index in [1.165, 1.54) is 0 Å². The summed E-state index contributed by atoms with van der Waals surface area (Å²) in [5.74, 6) is 0.969. The standard InChI is InChI=1S/C11H12N2O2/c1-13-7-10(15-2)11(12-13)8-3-5-9(14)6-4-8/h3-7,14H,1-2H3. The molecule has 0 aliphatic heterocycles. The fourth-order valence-electron chi connectivity index (χ4n) is 1.44. The van der Waals surface area contributed by atoms with Gasteiger partial charge in [0.15, 0.2) is 5.75 Å². The van der Waals surface area contributed by atoms with E-state index >= 15 is 0 Å². The minimum Gasteiger partial charge on any atom is -0.508 e. The molecule has 1 heterocycles. The third kappa shape index (κ3) is 1.79. The Labute approximate surface area is 87.7 Å². The lowest BCUT2D eigenvalue weighted by molar-refractivity contribution is 0.416. The van der Waals surface area contributed by atoms with Crippen molar-refractivity contribution in [2.24, 2.45) is 7.05 Å². The molecule has 0 aliphatic rings. The van der Waals surface area contributed by atoms with E-state index in [9.17, 15) is 5.11 Å². The van der Waals surface area contributed by atoms with Crippen molar-refractivity contribution in [2.75, 3.05) is 7.11 Å². The zero-order valence-electron chi connectivity index (χ0n) is 8.64. The maximum Gasteiger partial charge on any atom is 0.164 e. The molecule has 0 spiro atoms. The van der Waals surface area contributed by atoms with Crippen molar-refractivity contribution >= 4 is 0 Å². The summed E-state index contributed by atoms with van der Waals surface area (Å²) in [6.45, 7) is 0. The van der Waals surface area contributed by atoms with Gasteiger partial charge in [-0.1, -0.05) is 0 Å². The molecular formula is C11H12N2O2. The van der Waals surface area contributed by atoms with Crippen LogP contribution in [0.1, 0.15) is 0 Å². The first-order valence-electron chi connectivity index (χ1n) is 4.58. The summed E-state index contributed by atoms with van der Waals surface area (Å²) in [6.07, 6.45) is 1.81. The molecule has 0 fully saturated rings. The van der Waals surface area contributed by atoms with E-state index in [1.54, 1.807) is 36.1 Å². The maximum atomic E-state index is 9.18. The highest BCUT2D eigenvalue weighted by Crippen LogP contribution is 2.28. The molecule has 78 valence electrons. The highest BCUT2D eigenvalue weighted by Gasteiger charge is 2.09. The van der Waals surface area contributed by atoms with Crippen LogP contribution in [-0.2, 0) is 7.05 Å². The van der Waals surface area contributed by atoms with Crippen LogP contribution in [0.25, 0.3) is 11.3 Å². The number of nitrogens with zero attached hydrogens (tertiary/aromatic N) is 2. The zero-order valence-corrected chi connectivity index (χ0v) is 8.64. The Bertz CT molecular complexity index is 460. The van der Waals surface area contributed by atoms with Crippen LogP contribution in [0.4, 0.5) is 0 Å². The van der Waals surface area contributed by atoms with E-state index < -0.39 is 0 Å².